The van der Waals surface area contributed by atoms with E-state index in [1.165, 1.54) is 0 Å². The molecule has 1 atom stereocenters. The molecule has 0 aromatic heterocycles. The highest BCUT2D eigenvalue weighted by molar-refractivity contribution is 8.00. The molecule has 1 aromatic rings. The molecule has 1 saturated heterocycles. The van der Waals surface area contributed by atoms with Gasteiger partial charge < -0.3 is 24.0 Å². The topological polar surface area (TPSA) is 51.2 Å². The SMILES string of the molecule is COc1cc(OC)c(C2SCC(=O)N2CC(C)(C)CN(C)C)c(OC)c1. The van der Waals surface area contributed by atoms with Crippen LogP contribution in [0.2, 0.25) is 0 Å². The Morgan fingerprint density at radius 2 is 1.73 bits per heavy atom. The molecular weight excluding hydrogens is 352 g/mol. The number of rotatable bonds is 8. The van der Waals surface area contributed by atoms with E-state index in [0.717, 1.165) is 12.1 Å². The van der Waals surface area contributed by atoms with Gasteiger partial charge in [-0.1, -0.05) is 13.8 Å². The average Bonchev–Trinajstić information content (AvgIpc) is 2.92. The lowest BCUT2D eigenvalue weighted by molar-refractivity contribution is -0.129. The number of methoxy groups -OCH3 is 3. The number of hydrogen-bond acceptors (Lipinski definition) is 6. The molecule has 1 aromatic carbocycles. The van der Waals surface area contributed by atoms with E-state index in [1.54, 1.807) is 33.1 Å². The van der Waals surface area contributed by atoms with Gasteiger partial charge in [0, 0.05) is 25.2 Å². The van der Waals surface area contributed by atoms with Crippen LogP contribution in [0, 0.1) is 5.41 Å². The molecule has 0 bridgehead atoms. The molecule has 26 heavy (non-hydrogen) atoms. The van der Waals surface area contributed by atoms with E-state index in [9.17, 15) is 4.79 Å². The van der Waals surface area contributed by atoms with Gasteiger partial charge in [0.2, 0.25) is 5.91 Å². The smallest absolute Gasteiger partial charge is 0.233 e. The first-order valence-electron chi connectivity index (χ1n) is 8.58. The van der Waals surface area contributed by atoms with Crippen LogP contribution in [0.5, 0.6) is 17.2 Å². The van der Waals surface area contributed by atoms with Gasteiger partial charge in [0.15, 0.2) is 0 Å². The monoisotopic (exact) mass is 382 g/mol. The summed E-state index contributed by atoms with van der Waals surface area (Å²) in [6.07, 6.45) is 0. The molecule has 1 heterocycles. The third-order valence-electron chi connectivity index (χ3n) is 4.31. The van der Waals surface area contributed by atoms with Crippen molar-refractivity contribution >= 4 is 17.7 Å². The normalized spacial score (nSPS) is 17.8. The van der Waals surface area contributed by atoms with Crippen LogP contribution in [-0.2, 0) is 4.79 Å². The van der Waals surface area contributed by atoms with Crippen molar-refractivity contribution in [2.24, 2.45) is 5.41 Å². The zero-order valence-electron chi connectivity index (χ0n) is 16.8. The Balaban J connectivity index is 2.41. The zero-order chi connectivity index (χ0) is 19.5. The van der Waals surface area contributed by atoms with Crippen LogP contribution in [0.4, 0.5) is 0 Å². The van der Waals surface area contributed by atoms with Gasteiger partial charge in [-0.2, -0.15) is 0 Å². The summed E-state index contributed by atoms with van der Waals surface area (Å²) >= 11 is 1.61. The predicted molar refractivity (Wildman–Crippen MR) is 105 cm³/mol. The molecule has 1 fully saturated rings. The fraction of sp³-hybridized carbons (Fsp3) is 0.632. The van der Waals surface area contributed by atoms with E-state index in [1.807, 2.05) is 17.0 Å². The summed E-state index contributed by atoms with van der Waals surface area (Å²) in [5.74, 6) is 2.61. The number of nitrogens with zero attached hydrogens (tertiary/aromatic N) is 2. The summed E-state index contributed by atoms with van der Waals surface area (Å²) in [5.41, 5.74) is 0.849. The fourth-order valence-corrected chi connectivity index (χ4v) is 4.74. The molecule has 1 unspecified atom stereocenters. The van der Waals surface area contributed by atoms with Gasteiger partial charge in [0.1, 0.15) is 22.6 Å². The summed E-state index contributed by atoms with van der Waals surface area (Å²) in [5, 5.41) is -0.139. The van der Waals surface area contributed by atoms with Crippen molar-refractivity contribution in [1.29, 1.82) is 0 Å². The first-order valence-corrected chi connectivity index (χ1v) is 9.63. The third kappa shape index (κ3) is 4.57. The van der Waals surface area contributed by atoms with Gasteiger partial charge in [0.25, 0.3) is 0 Å². The molecule has 0 N–H and O–H groups in total. The molecule has 146 valence electrons. The van der Waals surface area contributed by atoms with Gasteiger partial charge in [0.05, 0.1) is 32.6 Å². The van der Waals surface area contributed by atoms with Crippen molar-refractivity contribution in [3.8, 4) is 17.2 Å². The molecule has 2 rings (SSSR count). The van der Waals surface area contributed by atoms with Gasteiger partial charge in [-0.05, 0) is 19.5 Å². The molecule has 0 aliphatic carbocycles. The average molecular weight is 383 g/mol. The van der Waals surface area contributed by atoms with Crippen molar-refractivity contribution < 1.29 is 19.0 Å². The van der Waals surface area contributed by atoms with Crippen LogP contribution in [0.15, 0.2) is 12.1 Å². The lowest BCUT2D eigenvalue weighted by Crippen LogP contribution is -2.42. The second-order valence-electron chi connectivity index (χ2n) is 7.53. The molecule has 0 radical (unpaired) electrons. The van der Waals surface area contributed by atoms with Crippen LogP contribution in [0.1, 0.15) is 24.8 Å². The van der Waals surface area contributed by atoms with Crippen molar-refractivity contribution in [3.05, 3.63) is 17.7 Å². The molecule has 7 heteroatoms. The van der Waals surface area contributed by atoms with E-state index < -0.39 is 0 Å². The van der Waals surface area contributed by atoms with Crippen LogP contribution in [0.3, 0.4) is 0 Å². The van der Waals surface area contributed by atoms with Crippen molar-refractivity contribution in [2.75, 3.05) is 54.3 Å². The minimum absolute atomic E-state index is 0.0325. The maximum Gasteiger partial charge on any atom is 0.233 e. The maximum absolute atomic E-state index is 12.6. The van der Waals surface area contributed by atoms with Crippen molar-refractivity contribution in [3.63, 3.8) is 0 Å². The van der Waals surface area contributed by atoms with E-state index in [-0.39, 0.29) is 16.7 Å². The molecule has 0 spiro atoms. The van der Waals surface area contributed by atoms with Crippen LogP contribution in [-0.4, -0.2) is 70.0 Å². The quantitative estimate of drug-likeness (QED) is 0.689. The van der Waals surface area contributed by atoms with Crippen LogP contribution < -0.4 is 14.2 Å². The van der Waals surface area contributed by atoms with Crippen LogP contribution in [0.25, 0.3) is 0 Å². The standard InChI is InChI=1S/C19H30N2O4S/c1-19(2,11-20(3)4)12-21-16(22)10-26-18(21)17-14(24-6)8-13(23-5)9-15(17)25-7/h8-9,18H,10-12H2,1-7H3. The van der Waals surface area contributed by atoms with Gasteiger partial charge in [-0.15, -0.1) is 11.8 Å². The maximum atomic E-state index is 12.6. The Morgan fingerprint density at radius 3 is 2.19 bits per heavy atom. The Hall–Kier alpha value is -1.60. The number of carbonyl (C=O) groups excluding carboxylic acids is 1. The zero-order valence-corrected chi connectivity index (χ0v) is 17.6. The van der Waals surface area contributed by atoms with E-state index in [2.05, 4.69) is 32.8 Å². The highest BCUT2D eigenvalue weighted by Crippen LogP contribution is 2.49. The first kappa shape index (κ1) is 20.7. The number of ether oxygens (including phenoxy) is 3. The summed E-state index contributed by atoms with van der Waals surface area (Å²) in [7, 11) is 8.96. The van der Waals surface area contributed by atoms with Gasteiger partial charge >= 0.3 is 0 Å². The van der Waals surface area contributed by atoms with E-state index >= 15 is 0 Å². The molecule has 1 amide bonds. The highest BCUT2D eigenvalue weighted by atomic mass is 32.2. The summed E-state index contributed by atoms with van der Waals surface area (Å²) in [4.78, 5) is 16.7. The number of carbonyl (C=O) groups is 1. The second kappa shape index (κ2) is 8.39. The first-order chi connectivity index (χ1) is 12.2. The summed E-state index contributed by atoms with van der Waals surface area (Å²) in [6, 6.07) is 3.68. The van der Waals surface area contributed by atoms with Crippen molar-refractivity contribution in [2.45, 2.75) is 19.2 Å². The minimum Gasteiger partial charge on any atom is -0.496 e. The molecule has 1 aliphatic heterocycles. The lowest BCUT2D eigenvalue weighted by Gasteiger charge is -2.36. The van der Waals surface area contributed by atoms with Gasteiger partial charge in [-0.25, -0.2) is 0 Å². The predicted octanol–water partition coefficient (Wildman–Crippen LogP) is 2.87. The number of hydrogen-bond donors (Lipinski definition) is 0. The molecule has 1 aliphatic rings. The van der Waals surface area contributed by atoms with Crippen molar-refractivity contribution in [1.82, 2.24) is 9.80 Å². The Kier molecular flexibility index (Phi) is 6.69. The Bertz CT molecular complexity index is 623. The molecule has 6 nitrogen and oxygen atoms in total. The number of benzene rings is 1. The molecular formula is C19H30N2O4S. The summed E-state index contributed by atoms with van der Waals surface area (Å²) in [6.45, 7) is 5.93. The minimum atomic E-state index is -0.139. The Morgan fingerprint density at radius 1 is 1.15 bits per heavy atom. The third-order valence-corrected chi connectivity index (χ3v) is 5.53. The Labute approximate surface area is 160 Å². The number of thioether (sulfide) groups is 1. The van der Waals surface area contributed by atoms with E-state index in [4.69, 9.17) is 14.2 Å². The summed E-state index contributed by atoms with van der Waals surface area (Å²) < 4.78 is 16.5. The number of amides is 1. The fourth-order valence-electron chi connectivity index (χ4n) is 3.51. The van der Waals surface area contributed by atoms with Crippen LogP contribution >= 0.6 is 11.8 Å². The van der Waals surface area contributed by atoms with E-state index in [0.29, 0.717) is 29.5 Å². The molecule has 0 saturated carbocycles. The largest absolute Gasteiger partial charge is 0.496 e. The lowest BCUT2D eigenvalue weighted by atomic mass is 9.91. The highest BCUT2D eigenvalue weighted by Gasteiger charge is 2.39. The van der Waals surface area contributed by atoms with Gasteiger partial charge in [-0.3, -0.25) is 4.79 Å². The second-order valence-corrected chi connectivity index (χ2v) is 8.60.